The van der Waals surface area contributed by atoms with E-state index in [1.807, 2.05) is 0 Å². The highest BCUT2D eigenvalue weighted by Gasteiger charge is 2.19. The second-order valence-corrected chi connectivity index (χ2v) is 6.80. The van der Waals surface area contributed by atoms with Crippen LogP contribution in [0.3, 0.4) is 0 Å². The van der Waals surface area contributed by atoms with Crippen LogP contribution in [0.1, 0.15) is 5.56 Å². The molecule has 0 bridgehead atoms. The number of anilines is 1. The summed E-state index contributed by atoms with van der Waals surface area (Å²) in [5, 5.41) is 11.1. The minimum Gasteiger partial charge on any atom is -0.279 e. The maximum atomic E-state index is 12.5. The Labute approximate surface area is 138 Å². The Kier molecular flexibility index (Phi) is 4.01. The first-order chi connectivity index (χ1) is 11.0. The molecule has 0 fully saturated rings. The standard InChI is InChI=1S/C14H12ClN5O2S/c1-10-12(6-4-7-13(10)20-9-16-18-19-20)17-23(21,22)14-8-3-2-5-11(14)15/h2-9,17H,1H3. The molecule has 0 radical (unpaired) electrons. The Bertz CT molecular complexity index is 942. The minimum atomic E-state index is -3.79. The first-order valence-corrected chi connectivity index (χ1v) is 8.45. The van der Waals surface area contributed by atoms with Gasteiger partial charge in [0.05, 0.1) is 16.4 Å². The van der Waals surface area contributed by atoms with Gasteiger partial charge in [0, 0.05) is 0 Å². The van der Waals surface area contributed by atoms with Crippen molar-refractivity contribution in [2.75, 3.05) is 4.72 Å². The number of aromatic nitrogens is 4. The van der Waals surface area contributed by atoms with Gasteiger partial charge >= 0.3 is 0 Å². The van der Waals surface area contributed by atoms with E-state index in [9.17, 15) is 8.42 Å². The fraction of sp³-hybridized carbons (Fsp3) is 0.0714. The predicted octanol–water partition coefficient (Wildman–Crippen LogP) is 2.42. The van der Waals surface area contributed by atoms with Gasteiger partial charge < -0.3 is 0 Å². The van der Waals surface area contributed by atoms with Gasteiger partial charge in [-0.3, -0.25) is 4.72 Å². The summed E-state index contributed by atoms with van der Waals surface area (Å²) >= 11 is 5.98. The van der Waals surface area contributed by atoms with Crippen molar-refractivity contribution in [3.8, 4) is 5.69 Å². The van der Waals surface area contributed by atoms with Crippen LogP contribution < -0.4 is 4.72 Å². The van der Waals surface area contributed by atoms with Crippen molar-refractivity contribution in [1.29, 1.82) is 0 Å². The van der Waals surface area contributed by atoms with E-state index in [0.29, 0.717) is 16.9 Å². The first-order valence-electron chi connectivity index (χ1n) is 6.59. The van der Waals surface area contributed by atoms with E-state index in [4.69, 9.17) is 11.6 Å². The zero-order valence-corrected chi connectivity index (χ0v) is 13.6. The zero-order chi connectivity index (χ0) is 16.4. The summed E-state index contributed by atoms with van der Waals surface area (Å²) in [6, 6.07) is 11.4. The van der Waals surface area contributed by atoms with Crippen molar-refractivity contribution < 1.29 is 8.42 Å². The highest BCUT2D eigenvalue weighted by molar-refractivity contribution is 7.92. The van der Waals surface area contributed by atoms with Crippen LogP contribution in [0.15, 0.2) is 53.7 Å². The van der Waals surface area contributed by atoms with Crippen LogP contribution >= 0.6 is 11.6 Å². The molecule has 0 spiro atoms. The molecule has 1 heterocycles. The van der Waals surface area contributed by atoms with Gasteiger partial charge in [-0.1, -0.05) is 29.8 Å². The van der Waals surface area contributed by atoms with E-state index in [-0.39, 0.29) is 9.92 Å². The molecule has 2 aromatic carbocycles. The normalized spacial score (nSPS) is 11.4. The molecule has 3 aromatic rings. The average molecular weight is 350 g/mol. The summed E-state index contributed by atoms with van der Waals surface area (Å²) in [5.74, 6) is 0. The number of hydrogen-bond acceptors (Lipinski definition) is 5. The fourth-order valence-electron chi connectivity index (χ4n) is 2.12. The van der Waals surface area contributed by atoms with Crippen LogP contribution in [0.4, 0.5) is 5.69 Å². The molecule has 23 heavy (non-hydrogen) atoms. The van der Waals surface area contributed by atoms with Crippen molar-refractivity contribution in [3.63, 3.8) is 0 Å². The highest BCUT2D eigenvalue weighted by Crippen LogP contribution is 2.27. The van der Waals surface area contributed by atoms with Crippen molar-refractivity contribution in [2.45, 2.75) is 11.8 Å². The van der Waals surface area contributed by atoms with Crippen molar-refractivity contribution in [3.05, 3.63) is 59.4 Å². The third kappa shape index (κ3) is 3.03. The molecule has 1 aromatic heterocycles. The number of sulfonamides is 1. The molecule has 0 saturated heterocycles. The lowest BCUT2D eigenvalue weighted by atomic mass is 10.1. The number of nitrogens with zero attached hydrogens (tertiary/aromatic N) is 4. The molecule has 0 aliphatic carbocycles. The van der Waals surface area contributed by atoms with Gasteiger partial charge in [0.15, 0.2) is 0 Å². The third-order valence-corrected chi connectivity index (χ3v) is 5.14. The molecule has 9 heteroatoms. The lowest BCUT2D eigenvalue weighted by Crippen LogP contribution is -2.15. The largest absolute Gasteiger partial charge is 0.279 e. The van der Waals surface area contributed by atoms with Crippen molar-refractivity contribution in [2.24, 2.45) is 0 Å². The van der Waals surface area contributed by atoms with Crippen molar-refractivity contribution >= 4 is 27.3 Å². The summed E-state index contributed by atoms with van der Waals surface area (Å²) in [6.45, 7) is 1.78. The molecule has 1 N–H and O–H groups in total. The summed E-state index contributed by atoms with van der Waals surface area (Å²) in [6.07, 6.45) is 1.44. The molecule has 7 nitrogen and oxygen atoms in total. The zero-order valence-electron chi connectivity index (χ0n) is 12.0. The highest BCUT2D eigenvalue weighted by atomic mass is 35.5. The van der Waals surface area contributed by atoms with E-state index in [2.05, 4.69) is 20.2 Å². The van der Waals surface area contributed by atoms with E-state index in [1.165, 1.54) is 23.1 Å². The van der Waals surface area contributed by atoms with Gasteiger partial charge in [-0.15, -0.1) is 5.10 Å². The number of benzene rings is 2. The maximum Gasteiger partial charge on any atom is 0.263 e. The van der Waals surface area contributed by atoms with E-state index >= 15 is 0 Å². The topological polar surface area (TPSA) is 89.8 Å². The molecule has 0 unspecified atom stereocenters. The SMILES string of the molecule is Cc1c(NS(=O)(=O)c2ccccc2Cl)cccc1-n1cnnn1. The number of hydrogen-bond donors (Lipinski definition) is 1. The third-order valence-electron chi connectivity index (χ3n) is 3.27. The molecule has 0 aliphatic rings. The number of tetrazole rings is 1. The maximum absolute atomic E-state index is 12.5. The predicted molar refractivity (Wildman–Crippen MR) is 86.2 cm³/mol. The van der Waals surface area contributed by atoms with Gasteiger partial charge in [0.25, 0.3) is 10.0 Å². The van der Waals surface area contributed by atoms with Crippen LogP contribution in [0.2, 0.25) is 5.02 Å². The van der Waals surface area contributed by atoms with Crippen molar-refractivity contribution in [1.82, 2.24) is 20.2 Å². The molecular weight excluding hydrogens is 338 g/mol. The Balaban J connectivity index is 2.01. The smallest absolute Gasteiger partial charge is 0.263 e. The molecular formula is C14H12ClN5O2S. The Morgan fingerprint density at radius 1 is 1.13 bits per heavy atom. The summed E-state index contributed by atoms with van der Waals surface area (Å²) in [7, 11) is -3.79. The second kappa shape index (κ2) is 5.98. The molecule has 118 valence electrons. The first kappa shape index (κ1) is 15.4. The number of nitrogens with one attached hydrogen (secondary N) is 1. The Hall–Kier alpha value is -2.45. The molecule has 3 rings (SSSR count). The van der Waals surface area contributed by atoms with Crippen LogP contribution in [-0.2, 0) is 10.0 Å². The molecule has 0 aliphatic heterocycles. The van der Waals surface area contributed by atoms with Crippen LogP contribution in [0.25, 0.3) is 5.69 Å². The average Bonchev–Trinajstić information content (AvgIpc) is 3.03. The van der Waals surface area contributed by atoms with Crippen LogP contribution in [0, 0.1) is 6.92 Å². The van der Waals surface area contributed by atoms with Gasteiger partial charge in [-0.05, 0) is 47.2 Å². The van der Waals surface area contributed by atoms with Crippen LogP contribution in [-0.4, -0.2) is 28.6 Å². The summed E-state index contributed by atoms with van der Waals surface area (Å²) < 4.78 is 29.1. The number of rotatable bonds is 4. The van der Waals surface area contributed by atoms with Gasteiger partial charge in [0.2, 0.25) is 0 Å². The van der Waals surface area contributed by atoms with E-state index in [1.54, 1.807) is 37.3 Å². The summed E-state index contributed by atoms with van der Waals surface area (Å²) in [5.41, 5.74) is 1.79. The lowest BCUT2D eigenvalue weighted by Gasteiger charge is -2.13. The van der Waals surface area contributed by atoms with E-state index in [0.717, 1.165) is 0 Å². The summed E-state index contributed by atoms with van der Waals surface area (Å²) in [4.78, 5) is 0.0221. The Morgan fingerprint density at radius 2 is 1.91 bits per heavy atom. The van der Waals surface area contributed by atoms with Gasteiger partial charge in [-0.2, -0.15) is 0 Å². The molecule has 0 atom stereocenters. The minimum absolute atomic E-state index is 0.0221. The fourth-order valence-corrected chi connectivity index (χ4v) is 3.76. The lowest BCUT2D eigenvalue weighted by molar-refractivity contribution is 0.601. The molecule has 0 amide bonds. The number of halogens is 1. The quantitative estimate of drug-likeness (QED) is 0.781. The van der Waals surface area contributed by atoms with Gasteiger partial charge in [0.1, 0.15) is 11.2 Å². The molecule has 0 saturated carbocycles. The monoisotopic (exact) mass is 349 g/mol. The Morgan fingerprint density at radius 3 is 2.61 bits per heavy atom. The van der Waals surface area contributed by atoms with E-state index < -0.39 is 10.0 Å². The van der Waals surface area contributed by atoms with Crippen LogP contribution in [0.5, 0.6) is 0 Å². The van der Waals surface area contributed by atoms with Gasteiger partial charge in [-0.25, -0.2) is 13.1 Å². The second-order valence-electron chi connectivity index (χ2n) is 4.74.